The molecular weight excluding hydrogens is 282 g/mol. The summed E-state index contributed by atoms with van der Waals surface area (Å²) in [5, 5.41) is 7.80. The molecule has 0 saturated carbocycles. The van der Waals surface area contributed by atoms with Gasteiger partial charge in [-0.15, -0.1) is 0 Å². The smallest absolute Gasteiger partial charge is 0.0357 e. The summed E-state index contributed by atoms with van der Waals surface area (Å²) in [6, 6.07) is 0. The minimum atomic E-state index is 0.213. The summed E-state index contributed by atoms with van der Waals surface area (Å²) in [7, 11) is 0. The van der Waals surface area contributed by atoms with Crippen molar-refractivity contribution in [2.24, 2.45) is 0 Å². The van der Waals surface area contributed by atoms with E-state index in [1.807, 2.05) is 0 Å². The first-order valence-corrected chi connectivity index (χ1v) is 7.27. The van der Waals surface area contributed by atoms with Crippen molar-refractivity contribution in [3.8, 4) is 0 Å². The number of hydrogen-bond donors (Lipinski definition) is 1. The lowest BCUT2D eigenvalue weighted by Gasteiger charge is -2.19. The summed E-state index contributed by atoms with van der Waals surface area (Å²) < 4.78 is 1.20. The van der Waals surface area contributed by atoms with Crippen LogP contribution in [0.4, 0.5) is 0 Å². The maximum atomic E-state index is 3.56. The van der Waals surface area contributed by atoms with Gasteiger partial charge in [0.1, 0.15) is 0 Å². The summed E-state index contributed by atoms with van der Waals surface area (Å²) in [5.74, 6) is 0. The minimum Gasteiger partial charge on any atom is -0.312 e. The molecular formula is C13H20BrNS. The molecule has 0 radical (unpaired) electrons. The van der Waals surface area contributed by atoms with Gasteiger partial charge in [-0.25, -0.2) is 0 Å². The normalized spacial score (nSPS) is 13.2. The number of allylic oxidation sites excluding steroid dienone is 1. The average Bonchev–Trinajstić information content (AvgIpc) is 2.57. The first kappa shape index (κ1) is 13.9. The molecule has 1 nitrogen and oxygen atoms in total. The van der Waals surface area contributed by atoms with Crippen LogP contribution in [0.15, 0.2) is 21.3 Å². The minimum absolute atomic E-state index is 0.213. The van der Waals surface area contributed by atoms with Gasteiger partial charge in [-0.05, 0) is 67.5 Å². The Morgan fingerprint density at radius 1 is 1.44 bits per heavy atom. The second-order valence-corrected chi connectivity index (χ2v) is 6.58. The van der Waals surface area contributed by atoms with Crippen LogP contribution in [-0.4, -0.2) is 12.1 Å². The van der Waals surface area contributed by atoms with E-state index in [0.717, 1.165) is 13.0 Å². The van der Waals surface area contributed by atoms with E-state index < -0.39 is 0 Å². The van der Waals surface area contributed by atoms with Crippen LogP contribution in [-0.2, 0) is 0 Å². The van der Waals surface area contributed by atoms with Crippen LogP contribution in [0.5, 0.6) is 0 Å². The molecule has 0 aliphatic heterocycles. The van der Waals surface area contributed by atoms with E-state index in [2.05, 4.69) is 65.8 Å². The lowest BCUT2D eigenvalue weighted by Crippen LogP contribution is -2.36. The van der Waals surface area contributed by atoms with E-state index >= 15 is 0 Å². The number of hydrogen-bond acceptors (Lipinski definition) is 2. The third-order valence-electron chi connectivity index (χ3n) is 2.29. The highest BCUT2D eigenvalue weighted by Gasteiger charge is 2.07. The predicted molar refractivity (Wildman–Crippen MR) is 78.0 cm³/mol. The molecule has 0 aliphatic rings. The highest BCUT2D eigenvalue weighted by atomic mass is 79.9. The van der Waals surface area contributed by atoms with Crippen LogP contribution in [0.2, 0.25) is 0 Å². The third-order valence-corrected chi connectivity index (χ3v) is 3.99. The lowest BCUT2D eigenvalue weighted by molar-refractivity contribution is 0.431. The Morgan fingerprint density at radius 3 is 2.62 bits per heavy atom. The van der Waals surface area contributed by atoms with Gasteiger partial charge in [-0.1, -0.05) is 6.08 Å². The van der Waals surface area contributed by atoms with Crippen LogP contribution in [0, 0.1) is 0 Å². The highest BCUT2D eigenvalue weighted by Crippen LogP contribution is 2.27. The Kier molecular flexibility index (Phi) is 5.22. The molecule has 0 atom stereocenters. The van der Waals surface area contributed by atoms with Crippen molar-refractivity contribution in [3.63, 3.8) is 0 Å². The van der Waals surface area contributed by atoms with E-state index in [1.54, 1.807) is 11.3 Å². The molecule has 1 aromatic rings. The summed E-state index contributed by atoms with van der Waals surface area (Å²) in [4.78, 5) is 0. The van der Waals surface area contributed by atoms with Gasteiger partial charge in [0.15, 0.2) is 0 Å². The van der Waals surface area contributed by atoms with Gasteiger partial charge in [0.05, 0.1) is 0 Å². The fraction of sp³-hybridized carbons (Fsp3) is 0.538. The largest absolute Gasteiger partial charge is 0.312 e. The maximum Gasteiger partial charge on any atom is 0.0357 e. The van der Waals surface area contributed by atoms with Gasteiger partial charge in [0.2, 0.25) is 0 Å². The average molecular weight is 302 g/mol. The van der Waals surface area contributed by atoms with Crippen LogP contribution >= 0.6 is 27.3 Å². The zero-order chi connectivity index (χ0) is 12.2. The van der Waals surface area contributed by atoms with Gasteiger partial charge >= 0.3 is 0 Å². The van der Waals surface area contributed by atoms with E-state index in [1.165, 1.54) is 15.6 Å². The Morgan fingerprint density at radius 2 is 2.12 bits per heavy atom. The predicted octanol–water partition coefficient (Wildman–Crippen LogP) is 4.69. The summed E-state index contributed by atoms with van der Waals surface area (Å²) in [5.41, 5.74) is 2.88. The molecule has 1 aromatic heterocycles. The van der Waals surface area contributed by atoms with Gasteiger partial charge in [-0.2, -0.15) is 11.3 Å². The van der Waals surface area contributed by atoms with Crippen LogP contribution in [0.3, 0.4) is 0 Å². The molecule has 0 unspecified atom stereocenters. The molecule has 0 aromatic carbocycles. The molecule has 16 heavy (non-hydrogen) atoms. The molecule has 1 heterocycles. The molecule has 0 saturated heterocycles. The van der Waals surface area contributed by atoms with Crippen molar-refractivity contribution in [3.05, 3.63) is 26.9 Å². The van der Waals surface area contributed by atoms with Crippen LogP contribution < -0.4 is 5.32 Å². The SMILES string of the molecule is CC(=CCCNC(C)(C)C)c1cscc1Br. The van der Waals surface area contributed by atoms with Crippen molar-refractivity contribution in [1.29, 1.82) is 0 Å². The maximum absolute atomic E-state index is 3.56. The van der Waals surface area contributed by atoms with Gasteiger partial charge in [-0.3, -0.25) is 0 Å². The topological polar surface area (TPSA) is 12.0 Å². The molecule has 3 heteroatoms. The summed E-state index contributed by atoms with van der Waals surface area (Å²) >= 11 is 5.30. The molecule has 1 rings (SSSR count). The quantitative estimate of drug-likeness (QED) is 0.795. The fourth-order valence-electron chi connectivity index (χ4n) is 1.41. The Balaban J connectivity index is 2.44. The van der Waals surface area contributed by atoms with Crippen molar-refractivity contribution in [1.82, 2.24) is 5.32 Å². The number of rotatable bonds is 4. The summed E-state index contributed by atoms with van der Waals surface area (Å²) in [6.07, 6.45) is 3.37. The molecule has 0 fully saturated rings. The standard InChI is InChI=1S/C13H20BrNS/c1-10(11-8-16-9-12(11)14)6-5-7-15-13(2,3)4/h6,8-9,15H,5,7H2,1-4H3. The second kappa shape index (κ2) is 5.99. The Hall–Kier alpha value is -0.120. The highest BCUT2D eigenvalue weighted by molar-refractivity contribution is 9.10. The van der Waals surface area contributed by atoms with Gasteiger partial charge < -0.3 is 5.32 Å². The lowest BCUT2D eigenvalue weighted by atomic mass is 10.1. The monoisotopic (exact) mass is 301 g/mol. The van der Waals surface area contributed by atoms with E-state index in [-0.39, 0.29) is 5.54 Å². The molecule has 0 bridgehead atoms. The van der Waals surface area contributed by atoms with Crippen molar-refractivity contribution in [2.75, 3.05) is 6.54 Å². The molecule has 1 N–H and O–H groups in total. The van der Waals surface area contributed by atoms with E-state index in [9.17, 15) is 0 Å². The number of thiophene rings is 1. The summed E-state index contributed by atoms with van der Waals surface area (Å²) in [6.45, 7) is 9.78. The molecule has 0 spiro atoms. The van der Waals surface area contributed by atoms with E-state index in [0.29, 0.717) is 0 Å². The second-order valence-electron chi connectivity index (χ2n) is 4.99. The fourth-order valence-corrected chi connectivity index (χ4v) is 3.07. The third kappa shape index (κ3) is 4.81. The molecule has 0 amide bonds. The first-order chi connectivity index (χ1) is 7.40. The Bertz CT molecular complexity index is 360. The van der Waals surface area contributed by atoms with Crippen molar-refractivity contribution < 1.29 is 0 Å². The Labute approximate surface area is 111 Å². The van der Waals surface area contributed by atoms with Gasteiger partial charge in [0.25, 0.3) is 0 Å². The van der Waals surface area contributed by atoms with Gasteiger partial charge in [0, 0.05) is 21.0 Å². The van der Waals surface area contributed by atoms with Crippen molar-refractivity contribution in [2.45, 2.75) is 39.7 Å². The zero-order valence-corrected chi connectivity index (χ0v) is 12.8. The molecule has 90 valence electrons. The zero-order valence-electron chi connectivity index (χ0n) is 10.4. The van der Waals surface area contributed by atoms with Crippen LogP contribution in [0.25, 0.3) is 5.57 Å². The first-order valence-electron chi connectivity index (χ1n) is 5.54. The van der Waals surface area contributed by atoms with E-state index in [4.69, 9.17) is 0 Å². The van der Waals surface area contributed by atoms with Crippen molar-refractivity contribution >= 4 is 32.8 Å². The van der Waals surface area contributed by atoms with Crippen LogP contribution in [0.1, 0.15) is 39.7 Å². The number of nitrogens with one attached hydrogen (secondary N) is 1. The number of halogens is 1. The molecule has 0 aliphatic carbocycles.